The van der Waals surface area contributed by atoms with Gasteiger partial charge >= 0.3 is 5.97 Å². The normalized spacial score (nSPS) is 27.1. The van der Waals surface area contributed by atoms with Gasteiger partial charge in [-0.15, -0.1) is 0 Å². The molecular formula is C10H19NO2. The van der Waals surface area contributed by atoms with Crippen molar-refractivity contribution in [2.24, 2.45) is 0 Å². The number of hydrogen-bond donors (Lipinski definition) is 1. The smallest absolute Gasteiger partial charge is 0.304 e. The fraction of sp³-hybridized carbons (Fsp3) is 0.900. The Labute approximate surface area is 79.7 Å². The first kappa shape index (κ1) is 10.5. The van der Waals surface area contributed by atoms with E-state index in [9.17, 15) is 4.79 Å². The van der Waals surface area contributed by atoms with Crippen LogP contribution in [0.4, 0.5) is 0 Å². The van der Waals surface area contributed by atoms with Crippen molar-refractivity contribution in [1.82, 2.24) is 4.90 Å². The number of carboxylic acids is 1. The summed E-state index contributed by atoms with van der Waals surface area (Å²) >= 11 is 0. The molecule has 1 fully saturated rings. The molecule has 2 atom stereocenters. The SMILES string of the molecule is CC1CCCCN1C(C)CC(=O)O. The molecule has 1 aliphatic rings. The summed E-state index contributed by atoms with van der Waals surface area (Å²) in [4.78, 5) is 12.8. The van der Waals surface area contributed by atoms with Crippen LogP contribution in [0, 0.1) is 0 Å². The number of carboxylic acid groups (broad SMARTS) is 1. The largest absolute Gasteiger partial charge is 0.481 e. The Morgan fingerprint density at radius 3 is 2.85 bits per heavy atom. The summed E-state index contributed by atoms with van der Waals surface area (Å²) in [5, 5.41) is 8.67. The molecule has 0 saturated carbocycles. The lowest BCUT2D eigenvalue weighted by Crippen LogP contribution is -2.44. The number of hydrogen-bond acceptors (Lipinski definition) is 2. The molecule has 0 radical (unpaired) electrons. The van der Waals surface area contributed by atoms with Gasteiger partial charge in [0.05, 0.1) is 6.42 Å². The third-order valence-corrected chi connectivity index (χ3v) is 2.89. The van der Waals surface area contributed by atoms with Crippen molar-refractivity contribution in [2.75, 3.05) is 6.54 Å². The number of likely N-dealkylation sites (tertiary alicyclic amines) is 1. The van der Waals surface area contributed by atoms with Crippen LogP contribution in [0.1, 0.15) is 39.5 Å². The molecule has 1 aliphatic heterocycles. The molecule has 1 heterocycles. The number of rotatable bonds is 3. The molecule has 1 saturated heterocycles. The lowest BCUT2D eigenvalue weighted by atomic mass is 10.0. The highest BCUT2D eigenvalue weighted by Crippen LogP contribution is 2.20. The molecule has 3 heteroatoms. The maximum atomic E-state index is 10.5. The molecule has 3 nitrogen and oxygen atoms in total. The molecule has 0 aromatic heterocycles. The Kier molecular flexibility index (Phi) is 3.72. The molecule has 1 N–H and O–H groups in total. The molecule has 0 bridgehead atoms. The fourth-order valence-corrected chi connectivity index (χ4v) is 2.15. The predicted molar refractivity (Wildman–Crippen MR) is 51.7 cm³/mol. The van der Waals surface area contributed by atoms with Gasteiger partial charge in [0.25, 0.3) is 0 Å². The van der Waals surface area contributed by atoms with Crippen molar-refractivity contribution < 1.29 is 9.90 Å². The van der Waals surface area contributed by atoms with Gasteiger partial charge < -0.3 is 5.11 Å². The second-order valence-corrected chi connectivity index (χ2v) is 4.03. The van der Waals surface area contributed by atoms with Crippen molar-refractivity contribution in [2.45, 2.75) is 51.6 Å². The van der Waals surface area contributed by atoms with Gasteiger partial charge in [-0.1, -0.05) is 6.42 Å². The fourth-order valence-electron chi connectivity index (χ4n) is 2.15. The molecule has 0 aromatic rings. The Morgan fingerprint density at radius 2 is 2.31 bits per heavy atom. The summed E-state index contributed by atoms with van der Waals surface area (Å²) in [5.74, 6) is -0.690. The highest BCUT2D eigenvalue weighted by atomic mass is 16.4. The summed E-state index contributed by atoms with van der Waals surface area (Å²) in [7, 11) is 0. The second-order valence-electron chi connectivity index (χ2n) is 4.03. The van der Waals surface area contributed by atoms with Crippen molar-refractivity contribution in [3.8, 4) is 0 Å². The van der Waals surface area contributed by atoms with E-state index in [-0.39, 0.29) is 12.5 Å². The topological polar surface area (TPSA) is 40.5 Å². The second kappa shape index (κ2) is 4.61. The van der Waals surface area contributed by atoms with E-state index in [0.29, 0.717) is 6.04 Å². The summed E-state index contributed by atoms with van der Waals surface area (Å²) in [6, 6.07) is 0.746. The first-order chi connectivity index (χ1) is 6.11. The zero-order valence-corrected chi connectivity index (χ0v) is 8.49. The third kappa shape index (κ3) is 2.99. The maximum absolute atomic E-state index is 10.5. The van der Waals surface area contributed by atoms with Crippen LogP contribution in [0.15, 0.2) is 0 Å². The van der Waals surface area contributed by atoms with Crippen LogP contribution < -0.4 is 0 Å². The average molecular weight is 185 g/mol. The lowest BCUT2D eigenvalue weighted by molar-refractivity contribution is -0.138. The minimum Gasteiger partial charge on any atom is -0.481 e. The van der Waals surface area contributed by atoms with Crippen LogP contribution in [0.2, 0.25) is 0 Å². The zero-order valence-electron chi connectivity index (χ0n) is 8.49. The van der Waals surface area contributed by atoms with E-state index in [1.54, 1.807) is 0 Å². The minimum atomic E-state index is -0.690. The molecule has 0 spiro atoms. The van der Waals surface area contributed by atoms with Gasteiger partial charge in [-0.3, -0.25) is 9.69 Å². The van der Waals surface area contributed by atoms with Gasteiger partial charge in [-0.2, -0.15) is 0 Å². The van der Waals surface area contributed by atoms with Gasteiger partial charge in [0.2, 0.25) is 0 Å². The molecule has 0 amide bonds. The first-order valence-electron chi connectivity index (χ1n) is 5.09. The standard InChI is InChI=1S/C10H19NO2/c1-8-5-3-4-6-11(8)9(2)7-10(12)13/h8-9H,3-7H2,1-2H3,(H,12,13). The van der Waals surface area contributed by atoms with Gasteiger partial charge in [0, 0.05) is 12.1 Å². The molecule has 1 rings (SSSR count). The van der Waals surface area contributed by atoms with E-state index in [1.807, 2.05) is 6.92 Å². The van der Waals surface area contributed by atoms with Gasteiger partial charge in [0.15, 0.2) is 0 Å². The minimum absolute atomic E-state index is 0.188. The third-order valence-electron chi connectivity index (χ3n) is 2.89. The molecule has 0 aromatic carbocycles. The Hall–Kier alpha value is -0.570. The van der Waals surface area contributed by atoms with Crippen molar-refractivity contribution in [3.05, 3.63) is 0 Å². The Bertz CT molecular complexity index is 182. The molecule has 2 unspecified atom stereocenters. The van der Waals surface area contributed by atoms with E-state index in [1.165, 1.54) is 19.3 Å². The Balaban J connectivity index is 2.43. The van der Waals surface area contributed by atoms with E-state index in [4.69, 9.17) is 5.11 Å². The summed E-state index contributed by atoms with van der Waals surface area (Å²) in [5.41, 5.74) is 0. The lowest BCUT2D eigenvalue weighted by Gasteiger charge is -2.37. The predicted octanol–water partition coefficient (Wildman–Crippen LogP) is 1.72. The first-order valence-corrected chi connectivity index (χ1v) is 5.09. The van der Waals surface area contributed by atoms with Gasteiger partial charge in [-0.25, -0.2) is 0 Å². The quantitative estimate of drug-likeness (QED) is 0.728. The maximum Gasteiger partial charge on any atom is 0.304 e. The average Bonchev–Trinajstić information content (AvgIpc) is 2.03. The van der Waals surface area contributed by atoms with Crippen LogP contribution in [0.25, 0.3) is 0 Å². The van der Waals surface area contributed by atoms with E-state index < -0.39 is 5.97 Å². The van der Waals surface area contributed by atoms with Gasteiger partial charge in [0.1, 0.15) is 0 Å². The molecule has 13 heavy (non-hydrogen) atoms. The number of aliphatic carboxylic acids is 1. The van der Waals surface area contributed by atoms with Crippen molar-refractivity contribution in [3.63, 3.8) is 0 Å². The Morgan fingerprint density at radius 1 is 1.62 bits per heavy atom. The van der Waals surface area contributed by atoms with Crippen LogP contribution in [-0.2, 0) is 4.79 Å². The van der Waals surface area contributed by atoms with E-state index in [2.05, 4.69) is 11.8 Å². The monoisotopic (exact) mass is 185 g/mol. The zero-order chi connectivity index (χ0) is 9.84. The highest BCUT2D eigenvalue weighted by molar-refractivity contribution is 5.67. The highest BCUT2D eigenvalue weighted by Gasteiger charge is 2.24. The van der Waals surface area contributed by atoms with Crippen LogP contribution in [-0.4, -0.2) is 34.6 Å². The molecule has 0 aliphatic carbocycles. The molecule has 76 valence electrons. The van der Waals surface area contributed by atoms with Crippen LogP contribution in [0.5, 0.6) is 0 Å². The van der Waals surface area contributed by atoms with Crippen LogP contribution >= 0.6 is 0 Å². The van der Waals surface area contributed by atoms with Gasteiger partial charge in [-0.05, 0) is 33.2 Å². The summed E-state index contributed by atoms with van der Waals surface area (Å²) < 4.78 is 0. The number of carbonyl (C=O) groups is 1. The van der Waals surface area contributed by atoms with E-state index in [0.717, 1.165) is 6.54 Å². The van der Waals surface area contributed by atoms with Crippen molar-refractivity contribution >= 4 is 5.97 Å². The summed E-state index contributed by atoms with van der Waals surface area (Å²) in [6.07, 6.45) is 3.99. The van der Waals surface area contributed by atoms with Crippen LogP contribution in [0.3, 0.4) is 0 Å². The van der Waals surface area contributed by atoms with Crippen molar-refractivity contribution in [1.29, 1.82) is 0 Å². The summed E-state index contributed by atoms with van der Waals surface area (Å²) in [6.45, 7) is 5.27. The number of piperidine rings is 1. The van der Waals surface area contributed by atoms with E-state index >= 15 is 0 Å². The number of nitrogens with zero attached hydrogens (tertiary/aromatic N) is 1. The molecular weight excluding hydrogens is 166 g/mol.